The van der Waals surface area contributed by atoms with Gasteiger partial charge in [0.25, 0.3) is 0 Å². The largest absolute Gasteiger partial charge is 0.495 e. The molecule has 3 aromatic rings. The van der Waals surface area contributed by atoms with Crippen molar-refractivity contribution in [1.82, 2.24) is 4.98 Å². The first kappa shape index (κ1) is 19.5. The minimum Gasteiger partial charge on any atom is -0.495 e. The minimum absolute atomic E-state index is 0.119. The molecule has 0 bridgehead atoms. The molecule has 0 aliphatic rings. The number of rotatable bonds is 6. The van der Waals surface area contributed by atoms with E-state index in [1.54, 1.807) is 12.1 Å². The smallest absolute Gasteiger partial charge is 0.230 e. The second-order valence-electron chi connectivity index (χ2n) is 5.54. The van der Waals surface area contributed by atoms with Crippen LogP contribution >= 0.6 is 34.5 Å². The Morgan fingerprint density at radius 2 is 1.85 bits per heavy atom. The molecule has 0 spiro atoms. The molecule has 0 fully saturated rings. The van der Waals surface area contributed by atoms with E-state index in [2.05, 4.69) is 10.3 Å². The van der Waals surface area contributed by atoms with Gasteiger partial charge in [-0.15, -0.1) is 11.3 Å². The van der Waals surface area contributed by atoms with Gasteiger partial charge in [0, 0.05) is 17.0 Å². The molecular weight excluding hydrogens is 407 g/mol. The zero-order valence-corrected chi connectivity index (χ0v) is 16.9. The van der Waals surface area contributed by atoms with Crippen molar-refractivity contribution in [2.75, 3.05) is 19.5 Å². The lowest BCUT2D eigenvalue weighted by Gasteiger charge is -2.12. The second kappa shape index (κ2) is 8.61. The SMILES string of the molecule is COc1cc(OC)c(NC(=O)Cc2csc(-c3ccccc3Cl)n2)cc1Cl. The summed E-state index contributed by atoms with van der Waals surface area (Å²) in [4.78, 5) is 16.9. The molecule has 8 heteroatoms. The number of nitrogens with zero attached hydrogens (tertiary/aromatic N) is 1. The van der Waals surface area contributed by atoms with Crippen molar-refractivity contribution < 1.29 is 14.3 Å². The molecule has 140 valence electrons. The van der Waals surface area contributed by atoms with Gasteiger partial charge in [-0.05, 0) is 12.1 Å². The van der Waals surface area contributed by atoms with Crippen LogP contribution in [0.5, 0.6) is 11.5 Å². The molecular formula is C19H16Cl2N2O3S. The molecule has 2 aromatic carbocycles. The average molecular weight is 423 g/mol. The highest BCUT2D eigenvalue weighted by Gasteiger charge is 2.15. The standard InChI is InChI=1S/C19H16Cl2N2O3S/c1-25-16-9-17(26-2)15(8-14(16)21)23-18(24)7-11-10-27-19(22-11)12-5-3-4-6-13(12)20/h3-6,8-10H,7H2,1-2H3,(H,23,24). The number of anilines is 1. The second-order valence-corrected chi connectivity index (χ2v) is 7.21. The number of amides is 1. The molecule has 0 saturated carbocycles. The normalized spacial score (nSPS) is 10.5. The summed E-state index contributed by atoms with van der Waals surface area (Å²) in [6.07, 6.45) is 0.119. The van der Waals surface area contributed by atoms with E-state index in [0.717, 1.165) is 10.6 Å². The van der Waals surface area contributed by atoms with Gasteiger partial charge >= 0.3 is 0 Å². The van der Waals surface area contributed by atoms with E-state index in [9.17, 15) is 4.79 Å². The third-order valence-electron chi connectivity index (χ3n) is 3.75. The van der Waals surface area contributed by atoms with Crippen molar-refractivity contribution in [2.24, 2.45) is 0 Å². The monoisotopic (exact) mass is 422 g/mol. The summed E-state index contributed by atoms with van der Waals surface area (Å²) in [6.45, 7) is 0. The quantitative estimate of drug-likeness (QED) is 0.583. The predicted octanol–water partition coefficient (Wildman–Crippen LogP) is 5.32. The van der Waals surface area contributed by atoms with Crippen molar-refractivity contribution in [3.8, 4) is 22.1 Å². The fraction of sp³-hybridized carbons (Fsp3) is 0.158. The maximum atomic E-state index is 12.4. The maximum absolute atomic E-state index is 12.4. The fourth-order valence-corrected chi connectivity index (χ4v) is 3.84. The van der Waals surface area contributed by atoms with Crippen molar-refractivity contribution in [1.29, 1.82) is 0 Å². The van der Waals surface area contributed by atoms with Crippen LogP contribution in [0.3, 0.4) is 0 Å². The molecule has 1 aromatic heterocycles. The Morgan fingerprint density at radius 3 is 2.56 bits per heavy atom. The van der Waals surface area contributed by atoms with Crippen LogP contribution < -0.4 is 14.8 Å². The Labute approximate surface area is 170 Å². The lowest BCUT2D eigenvalue weighted by atomic mass is 10.2. The van der Waals surface area contributed by atoms with Crippen LogP contribution in [0.4, 0.5) is 5.69 Å². The first-order chi connectivity index (χ1) is 13.0. The van der Waals surface area contributed by atoms with Gasteiger partial charge < -0.3 is 14.8 Å². The lowest BCUT2D eigenvalue weighted by molar-refractivity contribution is -0.115. The number of ether oxygens (including phenoxy) is 2. The molecule has 0 unspecified atom stereocenters. The molecule has 3 rings (SSSR count). The predicted molar refractivity (Wildman–Crippen MR) is 109 cm³/mol. The van der Waals surface area contributed by atoms with Gasteiger partial charge in [0.05, 0.1) is 42.1 Å². The first-order valence-electron chi connectivity index (χ1n) is 7.92. The van der Waals surface area contributed by atoms with Gasteiger partial charge in [0.2, 0.25) is 5.91 Å². The van der Waals surface area contributed by atoms with Gasteiger partial charge in [-0.2, -0.15) is 0 Å². The molecule has 5 nitrogen and oxygen atoms in total. The van der Waals surface area contributed by atoms with Crippen LogP contribution in [0, 0.1) is 0 Å². The molecule has 0 atom stereocenters. The third kappa shape index (κ3) is 4.53. The first-order valence-corrected chi connectivity index (χ1v) is 9.56. The van der Waals surface area contributed by atoms with Gasteiger partial charge in [-0.25, -0.2) is 4.98 Å². The van der Waals surface area contributed by atoms with Gasteiger partial charge in [-0.3, -0.25) is 4.79 Å². The molecule has 0 aliphatic heterocycles. The number of aromatic nitrogens is 1. The van der Waals surface area contributed by atoms with Crippen LogP contribution in [0.15, 0.2) is 41.8 Å². The number of carbonyl (C=O) groups is 1. The molecule has 1 heterocycles. The number of benzene rings is 2. The fourth-order valence-electron chi connectivity index (χ4n) is 2.46. The summed E-state index contributed by atoms with van der Waals surface area (Å²) in [5, 5.41) is 6.42. The topological polar surface area (TPSA) is 60.5 Å². The van der Waals surface area contributed by atoms with E-state index in [4.69, 9.17) is 32.7 Å². The van der Waals surface area contributed by atoms with Crippen LogP contribution in [0.25, 0.3) is 10.6 Å². The van der Waals surface area contributed by atoms with E-state index in [1.807, 2.05) is 29.6 Å². The van der Waals surface area contributed by atoms with Crippen molar-refractivity contribution in [3.63, 3.8) is 0 Å². The Bertz CT molecular complexity index is 975. The van der Waals surface area contributed by atoms with E-state index in [-0.39, 0.29) is 12.3 Å². The minimum atomic E-state index is -0.231. The summed E-state index contributed by atoms with van der Waals surface area (Å²) in [5.41, 5.74) is 1.97. The Morgan fingerprint density at radius 1 is 1.11 bits per heavy atom. The van der Waals surface area contributed by atoms with E-state index in [0.29, 0.717) is 32.9 Å². The number of halogens is 2. The Kier molecular flexibility index (Phi) is 6.21. The summed E-state index contributed by atoms with van der Waals surface area (Å²) in [5.74, 6) is 0.695. The third-order valence-corrected chi connectivity index (χ3v) is 5.30. The van der Waals surface area contributed by atoms with Gasteiger partial charge in [0.1, 0.15) is 16.5 Å². The van der Waals surface area contributed by atoms with Crippen LogP contribution in [0.2, 0.25) is 10.0 Å². The highest BCUT2D eigenvalue weighted by molar-refractivity contribution is 7.13. The summed E-state index contributed by atoms with van der Waals surface area (Å²) in [7, 11) is 3.02. The summed E-state index contributed by atoms with van der Waals surface area (Å²) in [6, 6.07) is 10.7. The highest BCUT2D eigenvalue weighted by Crippen LogP contribution is 2.36. The van der Waals surface area contributed by atoms with E-state index >= 15 is 0 Å². The maximum Gasteiger partial charge on any atom is 0.230 e. The number of thiazole rings is 1. The summed E-state index contributed by atoms with van der Waals surface area (Å²) >= 11 is 13.8. The summed E-state index contributed by atoms with van der Waals surface area (Å²) < 4.78 is 10.4. The van der Waals surface area contributed by atoms with Gasteiger partial charge in [-0.1, -0.05) is 41.4 Å². The highest BCUT2D eigenvalue weighted by atomic mass is 35.5. The lowest BCUT2D eigenvalue weighted by Crippen LogP contribution is -2.15. The van der Waals surface area contributed by atoms with E-state index in [1.165, 1.54) is 25.6 Å². The zero-order valence-electron chi connectivity index (χ0n) is 14.6. The van der Waals surface area contributed by atoms with Crippen molar-refractivity contribution in [3.05, 3.63) is 57.5 Å². The number of hydrogen-bond acceptors (Lipinski definition) is 5. The number of carbonyl (C=O) groups excluding carboxylic acids is 1. The number of hydrogen-bond donors (Lipinski definition) is 1. The molecule has 0 saturated heterocycles. The Balaban J connectivity index is 1.74. The van der Waals surface area contributed by atoms with Crippen LogP contribution in [0.1, 0.15) is 5.69 Å². The number of nitrogens with one attached hydrogen (secondary N) is 1. The van der Waals surface area contributed by atoms with Crippen LogP contribution in [-0.2, 0) is 11.2 Å². The van der Waals surface area contributed by atoms with Gasteiger partial charge in [0.15, 0.2) is 0 Å². The van der Waals surface area contributed by atoms with Crippen molar-refractivity contribution in [2.45, 2.75) is 6.42 Å². The molecule has 0 aliphatic carbocycles. The van der Waals surface area contributed by atoms with Crippen molar-refractivity contribution >= 4 is 46.1 Å². The molecule has 0 radical (unpaired) electrons. The average Bonchev–Trinajstić information content (AvgIpc) is 3.10. The van der Waals surface area contributed by atoms with Crippen LogP contribution in [-0.4, -0.2) is 25.1 Å². The number of methoxy groups -OCH3 is 2. The molecule has 1 N–H and O–H groups in total. The zero-order chi connectivity index (χ0) is 19.4. The molecule has 1 amide bonds. The molecule has 27 heavy (non-hydrogen) atoms. The van der Waals surface area contributed by atoms with E-state index < -0.39 is 0 Å². The Hall–Kier alpha value is -2.28.